The number of unbranched alkanes of at least 4 members (excludes halogenated alkanes) is 4. The van der Waals surface area contributed by atoms with Gasteiger partial charge in [-0.15, -0.1) is 0 Å². The Morgan fingerprint density at radius 3 is 2.06 bits per heavy atom. The van der Waals surface area contributed by atoms with Crippen LogP contribution in [-0.2, 0) is 4.79 Å². The number of amides is 1. The molecule has 164 valence electrons. The van der Waals surface area contributed by atoms with Crippen molar-refractivity contribution in [2.75, 3.05) is 18.0 Å². The fourth-order valence-corrected chi connectivity index (χ4v) is 3.77. The maximum Gasteiger partial charge on any atom is 0.283 e. The Hall–Kier alpha value is -2.88. The average molecular weight is 418 g/mol. The SMILES string of the molecule is CCCCCN(CCCCC)C1=N/C(=C\c2ccccc2)C(=O)N1c1ccc(C)cc1. The number of hydrogen-bond acceptors (Lipinski definition) is 3. The van der Waals surface area contributed by atoms with Crippen molar-refractivity contribution in [1.82, 2.24) is 4.90 Å². The molecular formula is C27H35N3O. The van der Waals surface area contributed by atoms with Crippen molar-refractivity contribution in [3.05, 3.63) is 71.4 Å². The van der Waals surface area contributed by atoms with Crippen LogP contribution < -0.4 is 4.90 Å². The predicted molar refractivity (Wildman–Crippen MR) is 131 cm³/mol. The molecule has 0 unspecified atom stereocenters. The minimum atomic E-state index is -0.0568. The van der Waals surface area contributed by atoms with Crippen molar-refractivity contribution < 1.29 is 4.79 Å². The third-order valence-electron chi connectivity index (χ3n) is 5.58. The van der Waals surface area contributed by atoms with Gasteiger partial charge in [-0.1, -0.05) is 87.6 Å². The maximum absolute atomic E-state index is 13.5. The van der Waals surface area contributed by atoms with Crippen molar-refractivity contribution in [2.45, 2.75) is 59.3 Å². The summed E-state index contributed by atoms with van der Waals surface area (Å²) in [6.07, 6.45) is 8.83. The van der Waals surface area contributed by atoms with Gasteiger partial charge in [0.05, 0.1) is 5.69 Å². The molecule has 3 rings (SSSR count). The van der Waals surface area contributed by atoms with Gasteiger partial charge in [0.2, 0.25) is 5.96 Å². The second kappa shape index (κ2) is 11.5. The number of carbonyl (C=O) groups is 1. The van der Waals surface area contributed by atoms with Crippen LogP contribution in [0.2, 0.25) is 0 Å². The Balaban J connectivity index is 1.97. The van der Waals surface area contributed by atoms with Gasteiger partial charge < -0.3 is 4.90 Å². The summed E-state index contributed by atoms with van der Waals surface area (Å²) < 4.78 is 0. The number of benzene rings is 2. The van der Waals surface area contributed by atoms with E-state index in [2.05, 4.69) is 37.8 Å². The van der Waals surface area contributed by atoms with Gasteiger partial charge in [-0.25, -0.2) is 9.89 Å². The highest BCUT2D eigenvalue weighted by Gasteiger charge is 2.34. The van der Waals surface area contributed by atoms with Crippen LogP contribution in [0.1, 0.15) is 63.5 Å². The maximum atomic E-state index is 13.5. The number of carbonyl (C=O) groups excluding carboxylic acids is 1. The van der Waals surface area contributed by atoms with Gasteiger partial charge in [0.15, 0.2) is 0 Å². The molecule has 0 atom stereocenters. The van der Waals surface area contributed by atoms with Crippen LogP contribution in [-0.4, -0.2) is 29.9 Å². The topological polar surface area (TPSA) is 35.9 Å². The molecule has 0 saturated carbocycles. The molecule has 4 nitrogen and oxygen atoms in total. The standard InChI is InChI=1S/C27H35N3O/c1-4-6-11-19-29(20-12-7-5-2)27-28-25(21-23-13-9-8-10-14-23)26(31)30(27)24-17-15-22(3)16-18-24/h8-10,13-18,21H,4-7,11-12,19-20H2,1-3H3/b25-21-. The highest BCUT2D eigenvalue weighted by Crippen LogP contribution is 2.27. The lowest BCUT2D eigenvalue weighted by molar-refractivity contribution is -0.113. The zero-order chi connectivity index (χ0) is 22.1. The van der Waals surface area contributed by atoms with Crippen molar-refractivity contribution in [3.8, 4) is 0 Å². The Labute approximate surface area is 187 Å². The van der Waals surface area contributed by atoms with Crippen molar-refractivity contribution >= 4 is 23.6 Å². The van der Waals surface area contributed by atoms with Crippen LogP contribution in [0.15, 0.2) is 65.3 Å². The molecule has 1 aliphatic rings. The van der Waals surface area contributed by atoms with Gasteiger partial charge in [-0.2, -0.15) is 0 Å². The Kier molecular flexibility index (Phi) is 8.45. The second-order valence-electron chi connectivity index (χ2n) is 8.23. The van der Waals surface area contributed by atoms with Crippen LogP contribution in [0.5, 0.6) is 0 Å². The van der Waals surface area contributed by atoms with E-state index in [1.165, 1.54) is 31.2 Å². The van der Waals surface area contributed by atoms with Crippen LogP contribution in [0, 0.1) is 6.92 Å². The van der Waals surface area contributed by atoms with Crippen molar-refractivity contribution in [2.24, 2.45) is 4.99 Å². The summed E-state index contributed by atoms with van der Waals surface area (Å²) in [6.45, 7) is 8.34. The third kappa shape index (κ3) is 6.06. The molecule has 0 saturated heterocycles. The number of aryl methyl sites for hydroxylation is 1. The van der Waals surface area contributed by atoms with Crippen LogP contribution in [0.4, 0.5) is 5.69 Å². The van der Waals surface area contributed by atoms with E-state index in [9.17, 15) is 4.79 Å². The number of rotatable bonds is 10. The largest absolute Gasteiger partial charge is 0.342 e. The van der Waals surface area contributed by atoms with E-state index in [1.54, 1.807) is 4.90 Å². The summed E-state index contributed by atoms with van der Waals surface area (Å²) in [5.74, 6) is 0.710. The molecule has 1 heterocycles. The number of anilines is 1. The molecule has 0 radical (unpaired) electrons. The molecule has 2 aromatic carbocycles. The quantitative estimate of drug-likeness (QED) is 0.330. The van der Waals surface area contributed by atoms with E-state index in [0.29, 0.717) is 5.70 Å². The number of hydrogen-bond donors (Lipinski definition) is 0. The molecule has 4 heteroatoms. The van der Waals surface area contributed by atoms with Crippen LogP contribution in [0.3, 0.4) is 0 Å². The minimum Gasteiger partial charge on any atom is -0.342 e. The Morgan fingerprint density at radius 1 is 0.871 bits per heavy atom. The molecule has 31 heavy (non-hydrogen) atoms. The number of guanidine groups is 1. The third-order valence-corrected chi connectivity index (χ3v) is 5.58. The predicted octanol–water partition coefficient (Wildman–Crippen LogP) is 6.42. The highest BCUT2D eigenvalue weighted by molar-refractivity contribution is 6.28. The summed E-state index contributed by atoms with van der Waals surface area (Å²) in [4.78, 5) is 22.5. The van der Waals surface area contributed by atoms with E-state index in [4.69, 9.17) is 4.99 Å². The zero-order valence-electron chi connectivity index (χ0n) is 19.2. The smallest absolute Gasteiger partial charge is 0.283 e. The fraction of sp³-hybridized carbons (Fsp3) is 0.407. The number of aliphatic imine (C=N–C) groups is 1. The van der Waals surface area contributed by atoms with E-state index in [-0.39, 0.29) is 5.91 Å². The molecule has 0 bridgehead atoms. The molecule has 0 N–H and O–H groups in total. The normalized spacial score (nSPS) is 14.9. The van der Waals surface area contributed by atoms with Gasteiger partial charge in [0.25, 0.3) is 5.91 Å². The first-order valence-electron chi connectivity index (χ1n) is 11.7. The first-order chi connectivity index (χ1) is 15.1. The lowest BCUT2D eigenvalue weighted by Crippen LogP contribution is -2.45. The summed E-state index contributed by atoms with van der Waals surface area (Å²) in [6, 6.07) is 18.1. The van der Waals surface area contributed by atoms with Crippen LogP contribution in [0.25, 0.3) is 6.08 Å². The minimum absolute atomic E-state index is 0.0568. The molecule has 1 amide bonds. The summed E-state index contributed by atoms with van der Waals surface area (Å²) in [5.41, 5.74) is 3.54. The molecule has 2 aromatic rings. The van der Waals surface area contributed by atoms with Crippen molar-refractivity contribution in [3.63, 3.8) is 0 Å². The Bertz CT molecular complexity index is 890. The van der Waals surface area contributed by atoms with E-state index in [1.807, 2.05) is 48.5 Å². The van der Waals surface area contributed by atoms with Gasteiger partial charge in [-0.3, -0.25) is 4.79 Å². The fourth-order valence-electron chi connectivity index (χ4n) is 3.77. The molecule has 0 spiro atoms. The second-order valence-corrected chi connectivity index (χ2v) is 8.23. The molecule has 1 aliphatic heterocycles. The first-order valence-corrected chi connectivity index (χ1v) is 11.7. The molecule has 0 aromatic heterocycles. The van der Waals surface area contributed by atoms with Crippen molar-refractivity contribution in [1.29, 1.82) is 0 Å². The first kappa shape index (κ1) is 22.8. The van der Waals surface area contributed by atoms with Gasteiger partial charge in [-0.05, 0) is 43.5 Å². The zero-order valence-corrected chi connectivity index (χ0v) is 19.2. The van der Waals surface area contributed by atoms with E-state index < -0.39 is 0 Å². The lowest BCUT2D eigenvalue weighted by Gasteiger charge is -2.30. The molecule has 0 fully saturated rings. The van der Waals surface area contributed by atoms with E-state index >= 15 is 0 Å². The molecule has 0 aliphatic carbocycles. The lowest BCUT2D eigenvalue weighted by atomic mass is 10.2. The van der Waals surface area contributed by atoms with E-state index in [0.717, 1.165) is 43.1 Å². The average Bonchev–Trinajstić information content (AvgIpc) is 3.10. The highest BCUT2D eigenvalue weighted by atomic mass is 16.2. The molecular weight excluding hydrogens is 382 g/mol. The summed E-state index contributed by atoms with van der Waals surface area (Å²) in [5, 5.41) is 0. The summed E-state index contributed by atoms with van der Waals surface area (Å²) >= 11 is 0. The monoisotopic (exact) mass is 417 g/mol. The van der Waals surface area contributed by atoms with Gasteiger partial charge in [0.1, 0.15) is 5.70 Å². The van der Waals surface area contributed by atoms with Gasteiger partial charge in [0, 0.05) is 13.1 Å². The van der Waals surface area contributed by atoms with Gasteiger partial charge >= 0.3 is 0 Å². The summed E-state index contributed by atoms with van der Waals surface area (Å²) in [7, 11) is 0. The number of nitrogens with zero attached hydrogens (tertiary/aromatic N) is 3. The Morgan fingerprint density at radius 2 is 1.48 bits per heavy atom. The van der Waals surface area contributed by atoms with Crippen LogP contribution >= 0.6 is 0 Å².